The zero-order chi connectivity index (χ0) is 24.0. The van der Waals surface area contributed by atoms with Gasteiger partial charge in [-0.15, -0.1) is 11.8 Å². The van der Waals surface area contributed by atoms with E-state index < -0.39 is 21.5 Å². The molecule has 12 heteroatoms. The molecule has 1 heterocycles. The normalized spacial score (nSPS) is 11.8. The maximum atomic E-state index is 12.1. The van der Waals surface area contributed by atoms with Crippen molar-refractivity contribution in [2.45, 2.75) is 4.90 Å². The number of carbonyl (C=O) groups is 1. The summed E-state index contributed by atoms with van der Waals surface area (Å²) in [5.74, 6) is -0.459. The first kappa shape index (κ1) is 24.9. The molecule has 8 nitrogen and oxygen atoms in total. The van der Waals surface area contributed by atoms with E-state index in [0.29, 0.717) is 21.3 Å². The number of rotatable bonds is 9. The van der Waals surface area contributed by atoms with Crippen molar-refractivity contribution in [1.29, 1.82) is 5.41 Å². The molecule has 3 rings (SSSR count). The quantitative estimate of drug-likeness (QED) is 0.237. The van der Waals surface area contributed by atoms with Crippen LogP contribution in [0.2, 0.25) is 5.02 Å². The molecule has 0 saturated carbocycles. The molecule has 0 saturated heterocycles. The summed E-state index contributed by atoms with van der Waals surface area (Å²) >= 11 is 8.62. The Bertz CT molecular complexity index is 1320. The number of ether oxygens (including phenoxy) is 1. The average Bonchev–Trinajstić information content (AvgIpc) is 3.28. The zero-order valence-electron chi connectivity index (χ0n) is 17.5. The van der Waals surface area contributed by atoms with Gasteiger partial charge in [-0.1, -0.05) is 35.9 Å². The number of hydrogen-bond donors (Lipinski definition) is 2. The number of benzene rings is 2. The first-order valence-electron chi connectivity index (χ1n) is 9.31. The third-order valence-corrected chi connectivity index (χ3v) is 6.69. The predicted molar refractivity (Wildman–Crippen MR) is 134 cm³/mol. The number of para-hydroxylation sites is 1. The molecule has 2 N–H and O–H groups in total. The third-order valence-electron chi connectivity index (χ3n) is 4.14. The van der Waals surface area contributed by atoms with Crippen molar-refractivity contribution in [3.8, 4) is 10.6 Å². The van der Waals surface area contributed by atoms with Crippen molar-refractivity contribution < 1.29 is 17.9 Å². The van der Waals surface area contributed by atoms with Crippen LogP contribution in [0.1, 0.15) is 5.82 Å². The van der Waals surface area contributed by atoms with Crippen molar-refractivity contribution in [2.75, 3.05) is 23.8 Å². The highest BCUT2D eigenvalue weighted by Crippen LogP contribution is 2.29. The van der Waals surface area contributed by atoms with Gasteiger partial charge in [-0.2, -0.15) is 4.37 Å². The lowest BCUT2D eigenvalue weighted by molar-refractivity contribution is -0.133. The molecule has 3 aromatic rings. The van der Waals surface area contributed by atoms with Gasteiger partial charge in [0.1, 0.15) is 16.7 Å². The van der Waals surface area contributed by atoms with Crippen molar-refractivity contribution in [1.82, 2.24) is 9.36 Å². The van der Waals surface area contributed by atoms with Gasteiger partial charge in [-0.3, -0.25) is 5.41 Å². The molecule has 0 aliphatic heterocycles. The van der Waals surface area contributed by atoms with E-state index in [1.807, 2.05) is 0 Å². The molecule has 0 atom stereocenters. The molecule has 33 heavy (non-hydrogen) atoms. The van der Waals surface area contributed by atoms with E-state index >= 15 is 0 Å². The monoisotopic (exact) mass is 522 g/mol. The van der Waals surface area contributed by atoms with E-state index in [1.165, 1.54) is 30.0 Å². The van der Waals surface area contributed by atoms with Crippen LogP contribution < -0.4 is 5.32 Å². The molecule has 2 aromatic carbocycles. The maximum absolute atomic E-state index is 12.1. The Morgan fingerprint density at radius 3 is 2.73 bits per heavy atom. The van der Waals surface area contributed by atoms with Crippen LogP contribution in [0.4, 0.5) is 5.69 Å². The highest BCUT2D eigenvalue weighted by atomic mass is 35.5. The fourth-order valence-corrected chi connectivity index (χ4v) is 4.31. The molecule has 0 bridgehead atoms. The summed E-state index contributed by atoms with van der Waals surface area (Å²) in [6, 6.07) is 13.4. The summed E-state index contributed by atoms with van der Waals surface area (Å²) in [5.41, 5.74) is 0.976. The van der Waals surface area contributed by atoms with Crippen LogP contribution in [0.5, 0.6) is 0 Å². The van der Waals surface area contributed by atoms with Crippen LogP contribution in [0.3, 0.4) is 0 Å². The van der Waals surface area contributed by atoms with E-state index in [4.69, 9.17) is 21.7 Å². The Labute approximate surface area is 204 Å². The number of nitrogens with one attached hydrogen (secondary N) is 2. The predicted octanol–water partition coefficient (Wildman–Crippen LogP) is 4.60. The average molecular weight is 523 g/mol. The van der Waals surface area contributed by atoms with Crippen LogP contribution in [0, 0.1) is 5.41 Å². The Morgan fingerprint density at radius 1 is 1.27 bits per heavy atom. The molecule has 172 valence electrons. The molecular weight excluding hydrogens is 504 g/mol. The Morgan fingerprint density at radius 2 is 2.03 bits per heavy atom. The fourth-order valence-electron chi connectivity index (χ4n) is 2.57. The van der Waals surface area contributed by atoms with Crippen LogP contribution in [-0.4, -0.2) is 47.9 Å². The maximum Gasteiger partial charge on any atom is 0.357 e. The smallest absolute Gasteiger partial charge is 0.357 e. The van der Waals surface area contributed by atoms with Gasteiger partial charge in [0.05, 0.1) is 21.3 Å². The Balaban J connectivity index is 1.99. The molecule has 0 aliphatic rings. The summed E-state index contributed by atoms with van der Waals surface area (Å²) in [6.07, 6.45) is 4.18. The highest BCUT2D eigenvalue weighted by Gasteiger charge is 2.17. The summed E-state index contributed by atoms with van der Waals surface area (Å²) in [7, 11) is -3.38. The number of sulfone groups is 1. The summed E-state index contributed by atoms with van der Waals surface area (Å²) in [4.78, 5) is 16.7. The van der Waals surface area contributed by atoms with Crippen molar-refractivity contribution in [3.63, 3.8) is 0 Å². The van der Waals surface area contributed by atoms with Gasteiger partial charge in [-0.25, -0.2) is 18.2 Å². The topological polar surface area (TPSA) is 122 Å². The van der Waals surface area contributed by atoms with Crippen molar-refractivity contribution in [2.24, 2.45) is 0 Å². The second-order valence-electron chi connectivity index (χ2n) is 6.64. The number of aromatic nitrogens is 2. The molecule has 0 spiro atoms. The number of anilines is 1. The number of hydrogen-bond acceptors (Lipinski definition) is 10. The first-order valence-corrected chi connectivity index (χ1v) is 13.7. The van der Waals surface area contributed by atoms with Crippen molar-refractivity contribution in [3.05, 3.63) is 65.5 Å². The molecule has 0 fully saturated rings. The largest absolute Gasteiger partial charge is 0.450 e. The molecule has 0 radical (unpaired) electrons. The van der Waals surface area contributed by atoms with Gasteiger partial charge in [0.15, 0.2) is 15.7 Å². The van der Waals surface area contributed by atoms with E-state index in [2.05, 4.69) is 14.7 Å². The minimum absolute atomic E-state index is 0.123. The van der Waals surface area contributed by atoms with Crippen LogP contribution in [0.25, 0.3) is 16.3 Å². The third kappa shape index (κ3) is 6.64. The summed E-state index contributed by atoms with van der Waals surface area (Å²) in [6.45, 7) is 0. The van der Waals surface area contributed by atoms with Gasteiger partial charge < -0.3 is 10.1 Å². The second kappa shape index (κ2) is 10.9. The van der Waals surface area contributed by atoms with E-state index in [-0.39, 0.29) is 22.4 Å². The number of nitrogens with zero attached hydrogens (tertiary/aromatic N) is 2. The number of halogens is 1. The lowest BCUT2D eigenvalue weighted by Crippen LogP contribution is -2.16. The van der Waals surface area contributed by atoms with Crippen LogP contribution >= 0.6 is 34.9 Å². The van der Waals surface area contributed by atoms with Gasteiger partial charge in [-0.05, 0) is 48.1 Å². The first-order chi connectivity index (χ1) is 15.7. The van der Waals surface area contributed by atoms with Crippen LogP contribution in [0.15, 0.2) is 59.5 Å². The summed E-state index contributed by atoms with van der Waals surface area (Å²) in [5, 5.41) is 12.1. The number of thioether (sulfide) groups is 1. The van der Waals surface area contributed by atoms with E-state index in [9.17, 15) is 13.2 Å². The molecule has 0 aliphatic carbocycles. The van der Waals surface area contributed by atoms with Gasteiger partial charge in [0.2, 0.25) is 0 Å². The van der Waals surface area contributed by atoms with E-state index in [0.717, 1.165) is 17.8 Å². The minimum atomic E-state index is -3.38. The second-order valence-corrected chi connectivity index (χ2v) is 10.6. The summed E-state index contributed by atoms with van der Waals surface area (Å²) < 4.78 is 33.1. The lowest BCUT2D eigenvalue weighted by atomic mass is 10.2. The molecule has 1 aromatic heterocycles. The SMILES string of the molecule is CSCOC(=O)C(=N)/C=C(\Nc1ccccc1Cl)c1nsc(-c2cccc(S(C)(=O)=O)c2)n1. The minimum Gasteiger partial charge on any atom is -0.450 e. The highest BCUT2D eigenvalue weighted by molar-refractivity contribution is 7.98. The van der Waals surface area contributed by atoms with Crippen LogP contribution in [-0.2, 0) is 19.4 Å². The molecule has 0 unspecified atom stereocenters. The molecular formula is C21H19ClN4O4S3. The standard InChI is InChI=1S/C21H19ClN4O4S3/c1-31-12-30-21(27)16(23)11-18(24-17-9-4-3-8-15(17)22)19-25-20(32-26-19)13-6-5-7-14(10-13)33(2,28)29/h3-11,23-24H,12H2,1-2H3/b18-11-,23-16?. The van der Waals surface area contributed by atoms with E-state index in [1.54, 1.807) is 42.7 Å². The lowest BCUT2D eigenvalue weighted by Gasteiger charge is -2.10. The van der Waals surface area contributed by atoms with Crippen molar-refractivity contribution >= 4 is 67.8 Å². The zero-order valence-corrected chi connectivity index (χ0v) is 20.7. The molecule has 0 amide bonds. The number of esters is 1. The Hall–Kier alpha value is -2.73. The van der Waals surface area contributed by atoms with Gasteiger partial charge >= 0.3 is 5.97 Å². The number of carbonyl (C=O) groups excluding carboxylic acids is 1. The van der Waals surface area contributed by atoms with Gasteiger partial charge in [0, 0.05) is 11.8 Å². The van der Waals surface area contributed by atoms with Gasteiger partial charge in [0.25, 0.3) is 0 Å². The fraction of sp³-hybridized carbons (Fsp3) is 0.143. The Kier molecular flexibility index (Phi) is 8.25.